The van der Waals surface area contributed by atoms with Crippen LogP contribution in [0.25, 0.3) is 0 Å². The van der Waals surface area contributed by atoms with Crippen molar-refractivity contribution in [3.8, 4) is 0 Å². The van der Waals surface area contributed by atoms with Crippen molar-refractivity contribution in [3.63, 3.8) is 0 Å². The standard InChI is InChI=1S/C11H16FN3O2/c1-7(6-16)14-5-9-3-2-8(4-10(9)12)11(13)15-17/h2-4,7,14,16-17H,5-6H2,1H3,(H2,13,15). The summed E-state index contributed by atoms with van der Waals surface area (Å²) in [5.41, 5.74) is 6.12. The molecule has 1 unspecified atom stereocenters. The summed E-state index contributed by atoms with van der Waals surface area (Å²) in [5.74, 6) is -0.570. The lowest BCUT2D eigenvalue weighted by Crippen LogP contribution is -2.29. The molecular formula is C11H16FN3O2. The highest BCUT2D eigenvalue weighted by molar-refractivity contribution is 5.97. The molecule has 0 aliphatic heterocycles. The third kappa shape index (κ3) is 3.69. The van der Waals surface area contributed by atoms with Crippen LogP contribution in [0.1, 0.15) is 18.1 Å². The van der Waals surface area contributed by atoms with Crippen molar-refractivity contribution in [2.75, 3.05) is 6.61 Å². The van der Waals surface area contributed by atoms with E-state index in [2.05, 4.69) is 10.5 Å². The molecule has 0 saturated carbocycles. The fraction of sp³-hybridized carbons (Fsp3) is 0.364. The van der Waals surface area contributed by atoms with Gasteiger partial charge in [0.2, 0.25) is 0 Å². The molecule has 17 heavy (non-hydrogen) atoms. The van der Waals surface area contributed by atoms with E-state index < -0.39 is 5.82 Å². The number of amidine groups is 1. The van der Waals surface area contributed by atoms with Gasteiger partial charge in [-0.1, -0.05) is 17.3 Å². The summed E-state index contributed by atoms with van der Waals surface area (Å²) >= 11 is 0. The number of benzene rings is 1. The summed E-state index contributed by atoms with van der Waals surface area (Å²) in [6, 6.07) is 4.23. The number of hydrogen-bond donors (Lipinski definition) is 4. The molecule has 5 nitrogen and oxygen atoms in total. The molecule has 1 atom stereocenters. The zero-order chi connectivity index (χ0) is 12.8. The van der Waals surface area contributed by atoms with Gasteiger partial charge in [-0.3, -0.25) is 0 Å². The Morgan fingerprint density at radius 1 is 1.59 bits per heavy atom. The predicted molar refractivity (Wildman–Crippen MR) is 62.3 cm³/mol. The van der Waals surface area contributed by atoms with Crippen molar-refractivity contribution >= 4 is 5.84 Å². The molecule has 94 valence electrons. The summed E-state index contributed by atoms with van der Waals surface area (Å²) in [7, 11) is 0. The number of oxime groups is 1. The Labute approximate surface area is 98.7 Å². The Bertz CT molecular complexity index is 410. The number of aliphatic hydroxyl groups is 1. The third-order valence-corrected chi connectivity index (χ3v) is 2.37. The Kier molecular flexibility index (Phi) is 4.86. The highest BCUT2D eigenvalue weighted by Gasteiger charge is 2.07. The molecule has 0 aliphatic carbocycles. The monoisotopic (exact) mass is 241 g/mol. The van der Waals surface area contributed by atoms with Gasteiger partial charge < -0.3 is 21.4 Å². The van der Waals surface area contributed by atoms with E-state index in [-0.39, 0.29) is 18.5 Å². The van der Waals surface area contributed by atoms with Crippen molar-refractivity contribution in [2.24, 2.45) is 10.9 Å². The SMILES string of the molecule is CC(CO)NCc1ccc(C(N)=NO)cc1F. The molecule has 0 amide bonds. The van der Waals surface area contributed by atoms with Crippen molar-refractivity contribution in [1.29, 1.82) is 0 Å². The molecule has 0 heterocycles. The van der Waals surface area contributed by atoms with Crippen LogP contribution in [0.3, 0.4) is 0 Å². The summed E-state index contributed by atoms with van der Waals surface area (Å²) in [6.45, 7) is 2.09. The van der Waals surface area contributed by atoms with E-state index in [1.54, 1.807) is 19.1 Å². The molecule has 0 spiro atoms. The topological polar surface area (TPSA) is 90.9 Å². The molecule has 5 N–H and O–H groups in total. The van der Waals surface area contributed by atoms with Gasteiger partial charge in [-0.05, 0) is 13.0 Å². The summed E-state index contributed by atoms with van der Waals surface area (Å²) in [4.78, 5) is 0. The maximum atomic E-state index is 13.6. The smallest absolute Gasteiger partial charge is 0.170 e. The van der Waals surface area contributed by atoms with E-state index in [0.717, 1.165) is 0 Å². The molecule has 1 aromatic rings. The van der Waals surface area contributed by atoms with Gasteiger partial charge in [0.05, 0.1) is 6.61 Å². The minimum Gasteiger partial charge on any atom is -0.409 e. The highest BCUT2D eigenvalue weighted by atomic mass is 19.1. The normalized spacial score (nSPS) is 13.7. The second-order valence-corrected chi connectivity index (χ2v) is 3.76. The van der Waals surface area contributed by atoms with Crippen molar-refractivity contribution in [3.05, 3.63) is 35.1 Å². The maximum Gasteiger partial charge on any atom is 0.170 e. The van der Waals surface area contributed by atoms with Crippen LogP contribution >= 0.6 is 0 Å². The van der Waals surface area contributed by atoms with Gasteiger partial charge in [-0.2, -0.15) is 0 Å². The number of halogens is 1. The van der Waals surface area contributed by atoms with E-state index in [9.17, 15) is 4.39 Å². The van der Waals surface area contributed by atoms with E-state index in [0.29, 0.717) is 17.7 Å². The van der Waals surface area contributed by atoms with Crippen LogP contribution in [0, 0.1) is 5.82 Å². The van der Waals surface area contributed by atoms with Gasteiger partial charge in [-0.15, -0.1) is 0 Å². The first kappa shape index (κ1) is 13.4. The molecule has 0 radical (unpaired) electrons. The van der Waals surface area contributed by atoms with Gasteiger partial charge in [0.15, 0.2) is 5.84 Å². The Morgan fingerprint density at radius 3 is 2.82 bits per heavy atom. The maximum absolute atomic E-state index is 13.6. The van der Waals surface area contributed by atoms with Gasteiger partial charge in [0, 0.05) is 23.7 Å². The van der Waals surface area contributed by atoms with E-state index in [4.69, 9.17) is 16.0 Å². The second kappa shape index (κ2) is 6.17. The first-order valence-corrected chi connectivity index (χ1v) is 5.19. The van der Waals surface area contributed by atoms with Crippen molar-refractivity contribution in [2.45, 2.75) is 19.5 Å². The average Bonchev–Trinajstić information content (AvgIpc) is 2.35. The largest absolute Gasteiger partial charge is 0.409 e. The van der Waals surface area contributed by atoms with E-state index in [1.807, 2.05) is 0 Å². The first-order valence-electron chi connectivity index (χ1n) is 5.19. The number of rotatable bonds is 5. The summed E-state index contributed by atoms with van der Waals surface area (Å²) in [5, 5.41) is 23.0. The van der Waals surface area contributed by atoms with Crippen LogP contribution in [0.15, 0.2) is 23.4 Å². The van der Waals surface area contributed by atoms with Gasteiger partial charge in [-0.25, -0.2) is 4.39 Å². The number of aliphatic hydroxyl groups excluding tert-OH is 1. The number of nitrogens with zero attached hydrogens (tertiary/aromatic N) is 1. The zero-order valence-electron chi connectivity index (χ0n) is 9.52. The minimum atomic E-state index is -0.438. The van der Waals surface area contributed by atoms with Crippen LogP contribution in [-0.4, -0.2) is 28.8 Å². The Balaban J connectivity index is 2.76. The molecule has 0 aliphatic rings. The average molecular weight is 241 g/mol. The summed E-state index contributed by atoms with van der Waals surface area (Å²) in [6.07, 6.45) is 0. The number of hydrogen-bond acceptors (Lipinski definition) is 4. The molecule has 0 fully saturated rings. The van der Waals surface area contributed by atoms with Gasteiger partial charge in [0.1, 0.15) is 5.82 Å². The molecule has 0 bridgehead atoms. The fourth-order valence-electron chi connectivity index (χ4n) is 1.26. The first-order chi connectivity index (χ1) is 8.08. The number of nitrogens with one attached hydrogen (secondary N) is 1. The molecule has 0 saturated heterocycles. The molecular weight excluding hydrogens is 225 g/mol. The van der Waals surface area contributed by atoms with Gasteiger partial charge >= 0.3 is 0 Å². The van der Waals surface area contributed by atoms with Crippen molar-refractivity contribution in [1.82, 2.24) is 5.32 Å². The third-order valence-electron chi connectivity index (χ3n) is 2.37. The fourth-order valence-corrected chi connectivity index (χ4v) is 1.26. The van der Waals surface area contributed by atoms with E-state index >= 15 is 0 Å². The molecule has 1 rings (SSSR count). The van der Waals surface area contributed by atoms with Gasteiger partial charge in [0.25, 0.3) is 0 Å². The molecule has 1 aromatic carbocycles. The Morgan fingerprint density at radius 2 is 2.29 bits per heavy atom. The lowest BCUT2D eigenvalue weighted by atomic mass is 10.1. The van der Waals surface area contributed by atoms with Crippen LogP contribution in [-0.2, 0) is 6.54 Å². The minimum absolute atomic E-state index is 0.0101. The zero-order valence-corrected chi connectivity index (χ0v) is 9.52. The molecule has 0 aromatic heterocycles. The quantitative estimate of drug-likeness (QED) is 0.260. The lowest BCUT2D eigenvalue weighted by molar-refractivity contribution is 0.250. The van der Waals surface area contributed by atoms with E-state index in [1.165, 1.54) is 6.07 Å². The van der Waals surface area contributed by atoms with Crippen LogP contribution in [0.5, 0.6) is 0 Å². The second-order valence-electron chi connectivity index (χ2n) is 3.76. The predicted octanol–water partition coefficient (Wildman–Crippen LogP) is 0.391. The number of nitrogens with two attached hydrogens (primary N) is 1. The lowest BCUT2D eigenvalue weighted by Gasteiger charge is -2.11. The van der Waals surface area contributed by atoms with Crippen molar-refractivity contribution < 1.29 is 14.7 Å². The van der Waals surface area contributed by atoms with Crippen LogP contribution in [0.2, 0.25) is 0 Å². The van der Waals surface area contributed by atoms with Crippen LogP contribution < -0.4 is 11.1 Å². The molecule has 6 heteroatoms. The Hall–Kier alpha value is -1.66. The van der Waals surface area contributed by atoms with Crippen LogP contribution in [0.4, 0.5) is 4.39 Å². The highest BCUT2D eigenvalue weighted by Crippen LogP contribution is 2.10. The summed E-state index contributed by atoms with van der Waals surface area (Å²) < 4.78 is 13.6.